The summed E-state index contributed by atoms with van der Waals surface area (Å²) >= 11 is 0. The molecule has 1 aliphatic heterocycles. The standard InChI is InChI=1S/C8H15F3N2O/c9-8(10,11)7(14)5-13-2-1-6(3-12)4-13/h6-7,14H,1-5,12H2. The van der Waals surface area contributed by atoms with Gasteiger partial charge in [0.25, 0.3) is 0 Å². The van der Waals surface area contributed by atoms with Gasteiger partial charge in [-0.1, -0.05) is 0 Å². The molecule has 3 nitrogen and oxygen atoms in total. The summed E-state index contributed by atoms with van der Waals surface area (Å²) in [4.78, 5) is 1.61. The molecule has 0 spiro atoms. The molecule has 0 aromatic heterocycles. The highest BCUT2D eigenvalue weighted by Crippen LogP contribution is 2.23. The Bertz CT molecular complexity index is 186. The van der Waals surface area contributed by atoms with Crippen molar-refractivity contribution >= 4 is 0 Å². The second kappa shape index (κ2) is 4.46. The van der Waals surface area contributed by atoms with E-state index in [1.54, 1.807) is 4.90 Å². The van der Waals surface area contributed by atoms with Gasteiger partial charge < -0.3 is 15.7 Å². The first-order valence-corrected chi connectivity index (χ1v) is 4.60. The third kappa shape index (κ3) is 3.11. The van der Waals surface area contributed by atoms with Gasteiger partial charge in [0, 0.05) is 13.1 Å². The Hall–Kier alpha value is -0.330. The number of likely N-dealkylation sites (tertiary alicyclic amines) is 1. The molecule has 0 saturated carbocycles. The van der Waals surface area contributed by atoms with Gasteiger partial charge in [0.15, 0.2) is 6.10 Å². The zero-order valence-corrected chi connectivity index (χ0v) is 7.80. The van der Waals surface area contributed by atoms with Crippen molar-refractivity contribution in [2.24, 2.45) is 11.7 Å². The van der Waals surface area contributed by atoms with E-state index < -0.39 is 12.3 Å². The first kappa shape index (κ1) is 11.7. The minimum atomic E-state index is -4.51. The summed E-state index contributed by atoms with van der Waals surface area (Å²) < 4.78 is 35.9. The summed E-state index contributed by atoms with van der Waals surface area (Å²) in [6, 6.07) is 0. The van der Waals surface area contributed by atoms with Crippen molar-refractivity contribution in [3.05, 3.63) is 0 Å². The van der Waals surface area contributed by atoms with Crippen LogP contribution in [0.2, 0.25) is 0 Å². The van der Waals surface area contributed by atoms with Crippen molar-refractivity contribution in [3.63, 3.8) is 0 Å². The lowest BCUT2D eigenvalue weighted by atomic mass is 10.1. The second-order valence-electron chi connectivity index (χ2n) is 3.71. The molecular weight excluding hydrogens is 197 g/mol. The number of β-amino-alcohol motifs (C(OH)–C–C–N with tert-alkyl or cyclic N) is 1. The fourth-order valence-electron chi connectivity index (χ4n) is 1.62. The summed E-state index contributed by atoms with van der Waals surface area (Å²) in [7, 11) is 0. The van der Waals surface area contributed by atoms with Crippen LogP contribution in [-0.4, -0.2) is 48.5 Å². The predicted molar refractivity (Wildman–Crippen MR) is 45.7 cm³/mol. The van der Waals surface area contributed by atoms with Crippen LogP contribution in [0.5, 0.6) is 0 Å². The van der Waals surface area contributed by atoms with Gasteiger partial charge in [-0.2, -0.15) is 13.2 Å². The summed E-state index contributed by atoms with van der Waals surface area (Å²) in [5.41, 5.74) is 5.40. The van der Waals surface area contributed by atoms with Gasteiger partial charge in [-0.05, 0) is 25.4 Å². The van der Waals surface area contributed by atoms with Gasteiger partial charge in [0.2, 0.25) is 0 Å². The van der Waals surface area contributed by atoms with Crippen LogP contribution >= 0.6 is 0 Å². The molecule has 1 aliphatic rings. The minimum Gasteiger partial charge on any atom is -0.382 e. The summed E-state index contributed by atoms with van der Waals surface area (Å²) in [6.45, 7) is 1.32. The molecule has 0 aromatic carbocycles. The van der Waals surface area contributed by atoms with Crippen molar-refractivity contribution in [3.8, 4) is 0 Å². The third-order valence-electron chi connectivity index (χ3n) is 2.51. The molecule has 14 heavy (non-hydrogen) atoms. The Balaban J connectivity index is 2.32. The maximum atomic E-state index is 12.0. The number of rotatable bonds is 3. The van der Waals surface area contributed by atoms with E-state index in [4.69, 9.17) is 10.8 Å². The zero-order chi connectivity index (χ0) is 10.8. The van der Waals surface area contributed by atoms with E-state index in [9.17, 15) is 13.2 Å². The average molecular weight is 212 g/mol. The van der Waals surface area contributed by atoms with Crippen LogP contribution in [0.1, 0.15) is 6.42 Å². The van der Waals surface area contributed by atoms with Gasteiger partial charge >= 0.3 is 6.18 Å². The maximum Gasteiger partial charge on any atom is 0.415 e. The van der Waals surface area contributed by atoms with Crippen LogP contribution in [0.4, 0.5) is 13.2 Å². The second-order valence-corrected chi connectivity index (χ2v) is 3.71. The van der Waals surface area contributed by atoms with Crippen LogP contribution in [0, 0.1) is 5.92 Å². The lowest BCUT2D eigenvalue weighted by molar-refractivity contribution is -0.207. The van der Waals surface area contributed by atoms with Gasteiger partial charge in [0.05, 0.1) is 0 Å². The highest BCUT2D eigenvalue weighted by atomic mass is 19.4. The molecule has 1 rings (SSSR count). The van der Waals surface area contributed by atoms with Crippen molar-refractivity contribution in [2.75, 3.05) is 26.2 Å². The number of nitrogens with zero attached hydrogens (tertiary/aromatic N) is 1. The summed E-state index contributed by atoms with van der Waals surface area (Å²) in [5, 5.41) is 8.81. The molecule has 0 radical (unpaired) electrons. The normalized spacial score (nSPS) is 26.8. The Morgan fingerprint density at radius 1 is 1.50 bits per heavy atom. The number of hydrogen-bond acceptors (Lipinski definition) is 3. The first-order valence-electron chi connectivity index (χ1n) is 4.60. The van der Waals surface area contributed by atoms with Gasteiger partial charge in [-0.25, -0.2) is 0 Å². The molecule has 0 aliphatic carbocycles. The monoisotopic (exact) mass is 212 g/mol. The first-order chi connectivity index (χ1) is 6.43. The van der Waals surface area contributed by atoms with Gasteiger partial charge in [0.1, 0.15) is 0 Å². The SMILES string of the molecule is NCC1CCN(CC(O)C(F)(F)F)C1. The lowest BCUT2D eigenvalue weighted by Gasteiger charge is -2.21. The lowest BCUT2D eigenvalue weighted by Crippen LogP contribution is -2.40. The van der Waals surface area contributed by atoms with Crippen LogP contribution in [-0.2, 0) is 0 Å². The highest BCUT2D eigenvalue weighted by Gasteiger charge is 2.40. The van der Waals surface area contributed by atoms with E-state index in [1.807, 2.05) is 0 Å². The molecule has 84 valence electrons. The molecule has 0 amide bonds. The zero-order valence-electron chi connectivity index (χ0n) is 7.80. The maximum absolute atomic E-state index is 12.0. The fraction of sp³-hybridized carbons (Fsp3) is 1.00. The predicted octanol–water partition coefficient (Wildman–Crippen LogP) is 0.190. The third-order valence-corrected chi connectivity index (χ3v) is 2.51. The molecule has 2 atom stereocenters. The van der Waals surface area contributed by atoms with Gasteiger partial charge in [-0.3, -0.25) is 0 Å². The van der Waals surface area contributed by atoms with Crippen LogP contribution in [0.15, 0.2) is 0 Å². The van der Waals surface area contributed by atoms with E-state index >= 15 is 0 Å². The Morgan fingerprint density at radius 2 is 2.14 bits per heavy atom. The van der Waals surface area contributed by atoms with Crippen molar-refractivity contribution in [2.45, 2.75) is 18.7 Å². The topological polar surface area (TPSA) is 49.5 Å². The molecular formula is C8H15F3N2O. The molecule has 1 fully saturated rings. The number of aliphatic hydroxyl groups excluding tert-OH is 1. The minimum absolute atomic E-state index is 0.274. The molecule has 6 heteroatoms. The van der Waals surface area contributed by atoms with Crippen LogP contribution in [0.3, 0.4) is 0 Å². The highest BCUT2D eigenvalue weighted by molar-refractivity contribution is 4.79. The van der Waals surface area contributed by atoms with Crippen molar-refractivity contribution < 1.29 is 18.3 Å². The van der Waals surface area contributed by atoms with Crippen LogP contribution in [0.25, 0.3) is 0 Å². The Kier molecular flexibility index (Phi) is 3.74. The molecule has 1 saturated heterocycles. The van der Waals surface area contributed by atoms with E-state index in [0.29, 0.717) is 19.6 Å². The smallest absolute Gasteiger partial charge is 0.382 e. The number of nitrogens with two attached hydrogens (primary N) is 1. The van der Waals surface area contributed by atoms with E-state index in [-0.39, 0.29) is 12.5 Å². The van der Waals surface area contributed by atoms with Crippen molar-refractivity contribution in [1.29, 1.82) is 0 Å². The Morgan fingerprint density at radius 3 is 2.57 bits per heavy atom. The average Bonchev–Trinajstić information content (AvgIpc) is 2.50. The van der Waals surface area contributed by atoms with E-state index in [1.165, 1.54) is 0 Å². The summed E-state index contributed by atoms with van der Waals surface area (Å²) in [6.07, 6.45) is -5.93. The molecule has 0 aromatic rings. The Labute approximate surface area is 80.7 Å². The molecule has 0 bridgehead atoms. The molecule has 3 N–H and O–H groups in total. The largest absolute Gasteiger partial charge is 0.415 e. The van der Waals surface area contributed by atoms with Gasteiger partial charge in [-0.15, -0.1) is 0 Å². The van der Waals surface area contributed by atoms with Crippen molar-refractivity contribution in [1.82, 2.24) is 4.90 Å². The van der Waals surface area contributed by atoms with Crippen LogP contribution < -0.4 is 5.73 Å². The number of hydrogen-bond donors (Lipinski definition) is 2. The molecule has 2 unspecified atom stereocenters. The number of halogens is 3. The van der Waals surface area contributed by atoms with E-state index in [0.717, 1.165) is 6.42 Å². The van der Waals surface area contributed by atoms with E-state index in [2.05, 4.69) is 0 Å². The quantitative estimate of drug-likeness (QED) is 0.702. The fourth-order valence-corrected chi connectivity index (χ4v) is 1.62. The number of alkyl halides is 3. The summed E-state index contributed by atoms with van der Waals surface area (Å²) in [5.74, 6) is 0.274. The molecule has 1 heterocycles. The number of aliphatic hydroxyl groups is 1.